The lowest BCUT2D eigenvalue weighted by molar-refractivity contribution is -0.137. The van der Waals surface area contributed by atoms with Crippen molar-refractivity contribution in [2.45, 2.75) is 25.3 Å². The predicted octanol–water partition coefficient (Wildman–Crippen LogP) is 4.06. The summed E-state index contributed by atoms with van der Waals surface area (Å²) in [6, 6.07) is 19.5. The molecule has 0 saturated heterocycles. The summed E-state index contributed by atoms with van der Waals surface area (Å²) in [6.07, 6.45) is 1.33. The molecule has 1 aromatic heterocycles. The molecule has 8 heteroatoms. The van der Waals surface area contributed by atoms with Gasteiger partial charge < -0.3 is 20.1 Å². The lowest BCUT2D eigenvalue weighted by atomic mass is 9.98. The standard InChI is InChI=1S/C27H27N3O5/c1-30(14-6-11-25(31)32)26(33)18-12-13-28-19(15-18)16-29-27(34)35-17-24-22-9-4-2-7-20(22)21-8-3-5-10-23(21)24/h2-5,7-10,12-13,15,24H,6,11,14,16-17H2,1H3,(H,29,34)(H,31,32). The molecule has 2 N–H and O–H groups in total. The van der Waals surface area contributed by atoms with Gasteiger partial charge in [0.1, 0.15) is 6.61 Å². The van der Waals surface area contributed by atoms with Gasteiger partial charge in [-0.2, -0.15) is 0 Å². The van der Waals surface area contributed by atoms with E-state index in [0.717, 1.165) is 22.3 Å². The van der Waals surface area contributed by atoms with Crippen molar-refractivity contribution < 1.29 is 24.2 Å². The van der Waals surface area contributed by atoms with E-state index in [-0.39, 0.29) is 31.4 Å². The maximum atomic E-state index is 12.6. The summed E-state index contributed by atoms with van der Waals surface area (Å²) < 4.78 is 5.54. The topological polar surface area (TPSA) is 109 Å². The minimum absolute atomic E-state index is 0.00325. The van der Waals surface area contributed by atoms with Gasteiger partial charge in [0.2, 0.25) is 0 Å². The number of carboxylic acids is 1. The molecular weight excluding hydrogens is 446 g/mol. The molecule has 0 saturated carbocycles. The van der Waals surface area contributed by atoms with Crippen LogP contribution in [0, 0.1) is 0 Å². The fourth-order valence-corrected chi connectivity index (χ4v) is 4.31. The molecule has 4 rings (SSSR count). The molecule has 2 aromatic carbocycles. The Bertz CT molecular complexity index is 1200. The number of rotatable bonds is 9. The fraction of sp³-hybridized carbons (Fsp3) is 0.259. The fourth-order valence-electron chi connectivity index (χ4n) is 4.31. The van der Waals surface area contributed by atoms with Gasteiger partial charge in [-0.25, -0.2) is 4.79 Å². The number of benzene rings is 2. The van der Waals surface area contributed by atoms with Crippen LogP contribution in [0.25, 0.3) is 11.1 Å². The molecule has 1 heterocycles. The van der Waals surface area contributed by atoms with E-state index in [2.05, 4.69) is 34.6 Å². The van der Waals surface area contributed by atoms with Gasteiger partial charge in [0.25, 0.3) is 5.91 Å². The lowest BCUT2D eigenvalue weighted by Crippen LogP contribution is -2.29. The molecule has 2 amide bonds. The number of amides is 2. The van der Waals surface area contributed by atoms with Crippen molar-refractivity contribution in [3.05, 3.63) is 89.2 Å². The van der Waals surface area contributed by atoms with Crippen LogP contribution in [0.3, 0.4) is 0 Å². The van der Waals surface area contributed by atoms with Crippen molar-refractivity contribution in [2.24, 2.45) is 0 Å². The quantitative estimate of drug-likeness (QED) is 0.485. The van der Waals surface area contributed by atoms with E-state index in [0.29, 0.717) is 24.2 Å². The largest absolute Gasteiger partial charge is 0.481 e. The van der Waals surface area contributed by atoms with E-state index >= 15 is 0 Å². The molecule has 1 aliphatic carbocycles. The minimum Gasteiger partial charge on any atom is -0.481 e. The number of hydrogen-bond donors (Lipinski definition) is 2. The summed E-state index contributed by atoms with van der Waals surface area (Å²) in [4.78, 5) is 41.4. The zero-order chi connectivity index (χ0) is 24.8. The highest BCUT2D eigenvalue weighted by Crippen LogP contribution is 2.44. The number of nitrogens with one attached hydrogen (secondary N) is 1. The first-order valence-electron chi connectivity index (χ1n) is 11.4. The van der Waals surface area contributed by atoms with Crippen molar-refractivity contribution >= 4 is 18.0 Å². The van der Waals surface area contributed by atoms with Crippen LogP contribution in [-0.4, -0.2) is 53.2 Å². The lowest BCUT2D eigenvalue weighted by Gasteiger charge is -2.17. The van der Waals surface area contributed by atoms with Crippen molar-refractivity contribution in [2.75, 3.05) is 20.2 Å². The van der Waals surface area contributed by atoms with Gasteiger partial charge in [-0.1, -0.05) is 48.5 Å². The number of pyridine rings is 1. The maximum absolute atomic E-state index is 12.6. The number of fused-ring (bicyclic) bond motifs is 3. The van der Waals surface area contributed by atoms with E-state index in [4.69, 9.17) is 9.84 Å². The third-order valence-corrected chi connectivity index (χ3v) is 6.05. The molecule has 3 aromatic rings. The Morgan fingerprint density at radius 2 is 1.69 bits per heavy atom. The molecule has 0 spiro atoms. The van der Waals surface area contributed by atoms with Crippen LogP contribution in [0.1, 0.15) is 45.9 Å². The molecule has 0 fully saturated rings. The van der Waals surface area contributed by atoms with Crippen LogP contribution in [0.2, 0.25) is 0 Å². The molecule has 1 aliphatic rings. The summed E-state index contributed by atoms with van der Waals surface area (Å²) in [5, 5.41) is 11.5. The molecule has 0 aliphatic heterocycles. The molecule has 180 valence electrons. The zero-order valence-electron chi connectivity index (χ0n) is 19.4. The number of aliphatic carboxylic acids is 1. The van der Waals surface area contributed by atoms with Crippen molar-refractivity contribution in [3.8, 4) is 11.1 Å². The highest BCUT2D eigenvalue weighted by atomic mass is 16.5. The summed E-state index contributed by atoms with van der Waals surface area (Å²) in [6.45, 7) is 0.661. The summed E-state index contributed by atoms with van der Waals surface area (Å²) in [7, 11) is 1.62. The van der Waals surface area contributed by atoms with E-state index in [1.165, 1.54) is 11.1 Å². The number of alkyl carbamates (subject to hydrolysis) is 1. The third kappa shape index (κ3) is 5.66. The average Bonchev–Trinajstić information content (AvgIpc) is 3.19. The number of carbonyl (C=O) groups is 3. The van der Waals surface area contributed by atoms with Crippen LogP contribution < -0.4 is 5.32 Å². The molecular formula is C27H27N3O5. The second-order valence-electron chi connectivity index (χ2n) is 8.44. The Morgan fingerprint density at radius 1 is 1.03 bits per heavy atom. The monoisotopic (exact) mass is 473 g/mol. The Labute approximate surface area is 203 Å². The normalized spacial score (nSPS) is 11.9. The van der Waals surface area contributed by atoms with Gasteiger partial charge in [0.15, 0.2) is 0 Å². The Hall–Kier alpha value is -4.20. The van der Waals surface area contributed by atoms with Crippen molar-refractivity contribution in [1.82, 2.24) is 15.2 Å². The minimum atomic E-state index is -0.892. The predicted molar refractivity (Wildman–Crippen MR) is 130 cm³/mol. The molecule has 35 heavy (non-hydrogen) atoms. The van der Waals surface area contributed by atoms with Crippen LogP contribution in [-0.2, 0) is 16.1 Å². The SMILES string of the molecule is CN(CCCC(=O)O)C(=O)c1ccnc(CNC(=O)OCC2c3ccccc3-c3ccccc32)c1. The van der Waals surface area contributed by atoms with Gasteiger partial charge in [0, 0.05) is 37.7 Å². The van der Waals surface area contributed by atoms with Gasteiger partial charge in [-0.3, -0.25) is 14.6 Å². The molecule has 8 nitrogen and oxygen atoms in total. The first kappa shape index (κ1) is 23.9. The number of carboxylic acid groups (broad SMARTS) is 1. The number of carbonyl (C=O) groups excluding carboxylic acids is 2. The van der Waals surface area contributed by atoms with Crippen LogP contribution in [0.5, 0.6) is 0 Å². The Balaban J connectivity index is 1.31. The maximum Gasteiger partial charge on any atom is 0.407 e. The first-order chi connectivity index (χ1) is 16.9. The second kappa shape index (κ2) is 10.8. The van der Waals surface area contributed by atoms with Gasteiger partial charge >= 0.3 is 12.1 Å². The molecule has 0 radical (unpaired) electrons. The van der Waals surface area contributed by atoms with Gasteiger partial charge in [-0.05, 0) is 40.8 Å². The Morgan fingerprint density at radius 3 is 2.34 bits per heavy atom. The number of nitrogens with zero attached hydrogens (tertiary/aromatic N) is 2. The molecule has 0 atom stereocenters. The summed E-state index contributed by atoms with van der Waals surface area (Å²) in [5.74, 6) is -1.15. The molecule has 0 bridgehead atoms. The average molecular weight is 474 g/mol. The summed E-state index contributed by atoms with van der Waals surface area (Å²) in [5.41, 5.74) is 5.54. The van der Waals surface area contributed by atoms with Crippen LogP contribution in [0.4, 0.5) is 4.79 Å². The first-order valence-corrected chi connectivity index (χ1v) is 11.4. The van der Waals surface area contributed by atoms with E-state index < -0.39 is 12.1 Å². The second-order valence-corrected chi connectivity index (χ2v) is 8.44. The van der Waals surface area contributed by atoms with Gasteiger partial charge in [-0.15, -0.1) is 0 Å². The van der Waals surface area contributed by atoms with Crippen LogP contribution in [0.15, 0.2) is 66.9 Å². The highest BCUT2D eigenvalue weighted by Gasteiger charge is 2.29. The van der Waals surface area contributed by atoms with Crippen molar-refractivity contribution in [3.63, 3.8) is 0 Å². The number of aromatic nitrogens is 1. The smallest absolute Gasteiger partial charge is 0.407 e. The number of hydrogen-bond acceptors (Lipinski definition) is 5. The van der Waals surface area contributed by atoms with Crippen molar-refractivity contribution in [1.29, 1.82) is 0 Å². The third-order valence-electron chi connectivity index (χ3n) is 6.05. The van der Waals surface area contributed by atoms with E-state index in [1.807, 2.05) is 24.3 Å². The van der Waals surface area contributed by atoms with E-state index in [1.54, 1.807) is 19.2 Å². The Kier molecular flexibility index (Phi) is 7.40. The van der Waals surface area contributed by atoms with E-state index in [9.17, 15) is 14.4 Å². The zero-order valence-corrected chi connectivity index (χ0v) is 19.4. The van der Waals surface area contributed by atoms with Gasteiger partial charge in [0.05, 0.1) is 12.2 Å². The summed E-state index contributed by atoms with van der Waals surface area (Å²) >= 11 is 0. The van der Waals surface area contributed by atoms with Crippen LogP contribution >= 0.6 is 0 Å². The molecule has 0 unspecified atom stereocenters. The highest BCUT2D eigenvalue weighted by molar-refractivity contribution is 5.94. The number of ether oxygens (including phenoxy) is 1.